The zero-order valence-corrected chi connectivity index (χ0v) is 10.5. The third-order valence-electron chi connectivity index (χ3n) is 2.97. The SMILES string of the molecule is CCC1(COC)C(=N)NC(=O)N1CC(C)C. The first-order valence-electron chi connectivity index (χ1n) is 5.64. The van der Waals surface area contributed by atoms with Crippen LogP contribution in [-0.4, -0.2) is 42.6 Å². The van der Waals surface area contributed by atoms with E-state index in [1.165, 1.54) is 0 Å². The minimum absolute atomic E-state index is 0.183. The lowest BCUT2D eigenvalue weighted by Crippen LogP contribution is -2.53. The Morgan fingerprint density at radius 3 is 2.62 bits per heavy atom. The summed E-state index contributed by atoms with van der Waals surface area (Å²) < 4.78 is 5.18. The van der Waals surface area contributed by atoms with Gasteiger partial charge in [-0.2, -0.15) is 0 Å². The van der Waals surface area contributed by atoms with E-state index in [0.717, 1.165) is 0 Å². The molecule has 1 unspecified atom stereocenters. The molecule has 1 aliphatic heterocycles. The molecule has 2 N–H and O–H groups in total. The van der Waals surface area contributed by atoms with Gasteiger partial charge in [0.25, 0.3) is 0 Å². The summed E-state index contributed by atoms with van der Waals surface area (Å²) in [6, 6.07) is -0.183. The van der Waals surface area contributed by atoms with E-state index in [2.05, 4.69) is 19.2 Å². The van der Waals surface area contributed by atoms with Crippen molar-refractivity contribution in [3.8, 4) is 0 Å². The molecule has 0 aromatic carbocycles. The Morgan fingerprint density at radius 2 is 2.19 bits per heavy atom. The van der Waals surface area contributed by atoms with Crippen molar-refractivity contribution in [1.29, 1.82) is 5.41 Å². The minimum Gasteiger partial charge on any atom is -0.382 e. The number of methoxy groups -OCH3 is 1. The first kappa shape index (κ1) is 13.0. The predicted octanol–water partition coefficient (Wildman–Crippen LogP) is 1.44. The number of hydrogen-bond donors (Lipinski definition) is 2. The topological polar surface area (TPSA) is 65.4 Å². The molecular weight excluding hydrogens is 206 g/mol. The summed E-state index contributed by atoms with van der Waals surface area (Å²) >= 11 is 0. The van der Waals surface area contributed by atoms with Gasteiger partial charge in [0.1, 0.15) is 11.4 Å². The molecule has 5 heteroatoms. The molecule has 1 aliphatic rings. The molecule has 0 aliphatic carbocycles. The van der Waals surface area contributed by atoms with E-state index in [1.54, 1.807) is 12.0 Å². The molecule has 1 atom stereocenters. The van der Waals surface area contributed by atoms with E-state index in [4.69, 9.17) is 10.1 Å². The highest BCUT2D eigenvalue weighted by molar-refractivity contribution is 6.08. The molecule has 0 bridgehead atoms. The predicted molar refractivity (Wildman–Crippen MR) is 62.7 cm³/mol. The number of urea groups is 1. The Kier molecular flexibility index (Phi) is 3.91. The average Bonchev–Trinajstić information content (AvgIpc) is 2.42. The fourth-order valence-corrected chi connectivity index (χ4v) is 2.10. The molecule has 0 saturated carbocycles. The Morgan fingerprint density at radius 1 is 1.56 bits per heavy atom. The summed E-state index contributed by atoms with van der Waals surface area (Å²) in [4.78, 5) is 13.5. The van der Waals surface area contributed by atoms with Crippen molar-refractivity contribution in [3.63, 3.8) is 0 Å². The van der Waals surface area contributed by atoms with Gasteiger partial charge in [-0.3, -0.25) is 10.7 Å². The van der Waals surface area contributed by atoms with Crippen molar-refractivity contribution in [1.82, 2.24) is 10.2 Å². The number of amidine groups is 1. The molecule has 0 radical (unpaired) electrons. The second kappa shape index (κ2) is 4.82. The van der Waals surface area contributed by atoms with Gasteiger partial charge < -0.3 is 9.64 Å². The van der Waals surface area contributed by atoms with Crippen LogP contribution in [0.3, 0.4) is 0 Å². The van der Waals surface area contributed by atoms with Crippen LogP contribution >= 0.6 is 0 Å². The van der Waals surface area contributed by atoms with Crippen LogP contribution in [0.4, 0.5) is 4.79 Å². The first-order valence-corrected chi connectivity index (χ1v) is 5.64. The number of rotatable bonds is 5. The number of carbonyl (C=O) groups excluding carboxylic acids is 1. The Labute approximate surface area is 96.7 Å². The van der Waals surface area contributed by atoms with Gasteiger partial charge in [-0.05, 0) is 12.3 Å². The number of carbonyl (C=O) groups is 1. The van der Waals surface area contributed by atoms with Gasteiger partial charge in [-0.25, -0.2) is 4.79 Å². The molecule has 0 spiro atoms. The molecule has 16 heavy (non-hydrogen) atoms. The van der Waals surface area contributed by atoms with Crippen LogP contribution in [0.15, 0.2) is 0 Å². The summed E-state index contributed by atoms with van der Waals surface area (Å²) in [6.45, 7) is 7.10. The van der Waals surface area contributed by atoms with Gasteiger partial charge in [-0.1, -0.05) is 20.8 Å². The lowest BCUT2D eigenvalue weighted by Gasteiger charge is -2.36. The molecule has 1 heterocycles. The monoisotopic (exact) mass is 227 g/mol. The zero-order valence-electron chi connectivity index (χ0n) is 10.5. The van der Waals surface area contributed by atoms with Crippen LogP contribution in [-0.2, 0) is 4.74 Å². The summed E-state index contributed by atoms with van der Waals surface area (Å²) in [5.41, 5.74) is -0.601. The fraction of sp³-hybridized carbons (Fsp3) is 0.818. The second-order valence-corrected chi connectivity index (χ2v) is 4.63. The molecular formula is C11H21N3O2. The van der Waals surface area contributed by atoms with Crippen molar-refractivity contribution in [2.75, 3.05) is 20.3 Å². The van der Waals surface area contributed by atoms with E-state index < -0.39 is 5.54 Å². The summed E-state index contributed by atoms with van der Waals surface area (Å²) in [5, 5.41) is 10.5. The summed E-state index contributed by atoms with van der Waals surface area (Å²) in [5.74, 6) is 0.627. The van der Waals surface area contributed by atoms with Crippen molar-refractivity contribution < 1.29 is 9.53 Å². The zero-order chi connectivity index (χ0) is 12.3. The molecule has 0 aromatic rings. The van der Waals surface area contributed by atoms with Gasteiger partial charge in [0, 0.05) is 13.7 Å². The van der Waals surface area contributed by atoms with Gasteiger partial charge >= 0.3 is 6.03 Å². The van der Waals surface area contributed by atoms with Gasteiger partial charge in [0.05, 0.1) is 6.61 Å². The number of nitrogens with one attached hydrogen (secondary N) is 2. The van der Waals surface area contributed by atoms with Crippen LogP contribution in [0.25, 0.3) is 0 Å². The first-order chi connectivity index (χ1) is 7.47. The number of amides is 2. The Balaban J connectivity index is 2.99. The van der Waals surface area contributed by atoms with Crippen molar-refractivity contribution >= 4 is 11.9 Å². The summed E-state index contributed by atoms with van der Waals surface area (Å²) in [7, 11) is 1.60. The number of ether oxygens (including phenoxy) is 1. The van der Waals surface area contributed by atoms with Gasteiger partial charge in [-0.15, -0.1) is 0 Å². The highest BCUT2D eigenvalue weighted by Gasteiger charge is 2.49. The van der Waals surface area contributed by atoms with Crippen LogP contribution in [0.5, 0.6) is 0 Å². The molecule has 5 nitrogen and oxygen atoms in total. The van der Waals surface area contributed by atoms with E-state index in [0.29, 0.717) is 25.5 Å². The molecule has 1 fully saturated rings. The minimum atomic E-state index is -0.601. The lowest BCUT2D eigenvalue weighted by molar-refractivity contribution is 0.0767. The highest BCUT2D eigenvalue weighted by Crippen LogP contribution is 2.27. The molecule has 1 rings (SSSR count). The largest absolute Gasteiger partial charge is 0.382 e. The van der Waals surface area contributed by atoms with E-state index in [1.807, 2.05) is 6.92 Å². The maximum Gasteiger partial charge on any atom is 0.323 e. The molecule has 1 saturated heterocycles. The Hall–Kier alpha value is -1.10. The maximum absolute atomic E-state index is 11.8. The fourth-order valence-electron chi connectivity index (χ4n) is 2.10. The smallest absolute Gasteiger partial charge is 0.323 e. The maximum atomic E-state index is 11.8. The van der Waals surface area contributed by atoms with Gasteiger partial charge in [0.2, 0.25) is 0 Å². The molecule has 2 amide bonds. The summed E-state index contributed by atoms with van der Waals surface area (Å²) in [6.07, 6.45) is 0.686. The van der Waals surface area contributed by atoms with Crippen molar-refractivity contribution in [2.45, 2.75) is 32.7 Å². The molecule has 0 aromatic heterocycles. The second-order valence-electron chi connectivity index (χ2n) is 4.63. The quantitative estimate of drug-likeness (QED) is 0.746. The molecule has 92 valence electrons. The van der Waals surface area contributed by atoms with Crippen LogP contribution in [0.2, 0.25) is 0 Å². The number of hydrogen-bond acceptors (Lipinski definition) is 3. The van der Waals surface area contributed by atoms with E-state index >= 15 is 0 Å². The van der Waals surface area contributed by atoms with Crippen molar-refractivity contribution in [2.24, 2.45) is 5.92 Å². The average molecular weight is 227 g/mol. The van der Waals surface area contributed by atoms with Crippen LogP contribution < -0.4 is 5.32 Å². The van der Waals surface area contributed by atoms with Crippen LogP contribution in [0.1, 0.15) is 27.2 Å². The highest BCUT2D eigenvalue weighted by atomic mass is 16.5. The van der Waals surface area contributed by atoms with Crippen molar-refractivity contribution in [3.05, 3.63) is 0 Å². The lowest BCUT2D eigenvalue weighted by atomic mass is 9.94. The standard InChI is InChI=1S/C11H21N3O2/c1-5-11(7-16-4)9(12)13-10(15)14(11)6-8(2)3/h8H,5-7H2,1-4H3,(H2,12,13,15). The Bertz CT molecular complexity index is 291. The third kappa shape index (κ3) is 2.04. The van der Waals surface area contributed by atoms with Gasteiger partial charge in [0.15, 0.2) is 0 Å². The van der Waals surface area contributed by atoms with E-state index in [-0.39, 0.29) is 11.9 Å². The van der Waals surface area contributed by atoms with E-state index in [9.17, 15) is 4.79 Å². The van der Waals surface area contributed by atoms with Crippen LogP contribution in [0, 0.1) is 11.3 Å². The number of nitrogens with zero attached hydrogens (tertiary/aromatic N) is 1. The third-order valence-corrected chi connectivity index (χ3v) is 2.97. The normalized spacial score (nSPS) is 25.4.